The predicted molar refractivity (Wildman–Crippen MR) is 77.2 cm³/mol. The monoisotopic (exact) mass is 263 g/mol. The van der Waals surface area contributed by atoms with Crippen LogP contribution in [0.15, 0.2) is 29.2 Å². The fourth-order valence-electron chi connectivity index (χ4n) is 2.83. The Kier molecular flexibility index (Phi) is 4.33. The maximum atomic E-state index is 12.4. The van der Waals surface area contributed by atoms with Gasteiger partial charge in [0.05, 0.1) is 0 Å². The van der Waals surface area contributed by atoms with Crippen LogP contribution in [0, 0.1) is 5.92 Å². The van der Waals surface area contributed by atoms with Crippen molar-refractivity contribution in [1.82, 2.24) is 4.90 Å². The van der Waals surface area contributed by atoms with E-state index in [1.807, 2.05) is 36.2 Å². The number of carbonyl (C=O) groups excluding carboxylic acids is 1. The molecule has 0 spiro atoms. The summed E-state index contributed by atoms with van der Waals surface area (Å²) in [6.07, 6.45) is 4.90. The molecule has 1 amide bonds. The number of hydrogen-bond donors (Lipinski definition) is 1. The van der Waals surface area contributed by atoms with Gasteiger partial charge in [-0.2, -0.15) is 0 Å². The van der Waals surface area contributed by atoms with Crippen molar-refractivity contribution < 1.29 is 4.79 Å². The Balaban J connectivity index is 2.10. The van der Waals surface area contributed by atoms with Crippen LogP contribution in [0.3, 0.4) is 0 Å². The van der Waals surface area contributed by atoms with E-state index in [0.717, 1.165) is 16.9 Å². The molecule has 1 aromatic carbocycles. The number of benzene rings is 1. The van der Waals surface area contributed by atoms with E-state index in [9.17, 15) is 4.79 Å². The van der Waals surface area contributed by atoms with Gasteiger partial charge in [-0.25, -0.2) is 0 Å². The Morgan fingerprint density at radius 2 is 1.83 bits per heavy atom. The number of nitrogens with zero attached hydrogens (tertiary/aromatic N) is 1. The lowest BCUT2D eigenvalue weighted by Gasteiger charge is -2.36. The first-order valence-electron chi connectivity index (χ1n) is 6.66. The number of rotatable bonds is 2. The van der Waals surface area contributed by atoms with Crippen LogP contribution in [0.1, 0.15) is 43.0 Å². The highest BCUT2D eigenvalue weighted by Gasteiger charge is 2.28. The molecule has 1 fully saturated rings. The summed E-state index contributed by atoms with van der Waals surface area (Å²) in [5.41, 5.74) is 0.757. The van der Waals surface area contributed by atoms with Crippen LogP contribution in [-0.4, -0.2) is 23.9 Å². The zero-order valence-corrected chi connectivity index (χ0v) is 12.0. The third-order valence-corrected chi connectivity index (χ3v) is 4.30. The molecule has 2 atom stereocenters. The number of amides is 1. The van der Waals surface area contributed by atoms with Gasteiger partial charge >= 0.3 is 0 Å². The zero-order chi connectivity index (χ0) is 13.1. The molecular formula is C15H21NOS. The molecule has 1 saturated carbocycles. The minimum Gasteiger partial charge on any atom is -0.338 e. The Morgan fingerprint density at radius 1 is 1.22 bits per heavy atom. The standard InChI is InChI=1S/C15H21NOS/c1-11-5-3-4-6-14(11)16(2)15(17)12-7-9-13(18)10-8-12/h7-11,14,18H,3-6H2,1-2H3. The van der Waals surface area contributed by atoms with Crippen molar-refractivity contribution in [2.75, 3.05) is 7.05 Å². The summed E-state index contributed by atoms with van der Waals surface area (Å²) in [5.74, 6) is 0.735. The van der Waals surface area contributed by atoms with E-state index in [0.29, 0.717) is 12.0 Å². The van der Waals surface area contributed by atoms with Gasteiger partial charge in [0.15, 0.2) is 0 Å². The second-order valence-electron chi connectivity index (χ2n) is 5.29. The summed E-state index contributed by atoms with van der Waals surface area (Å²) >= 11 is 4.24. The average molecular weight is 263 g/mol. The van der Waals surface area contributed by atoms with Gasteiger partial charge in [0, 0.05) is 23.5 Å². The van der Waals surface area contributed by atoms with Crippen LogP contribution in [0.4, 0.5) is 0 Å². The summed E-state index contributed by atoms with van der Waals surface area (Å²) in [7, 11) is 1.93. The van der Waals surface area contributed by atoms with E-state index in [-0.39, 0.29) is 5.91 Å². The van der Waals surface area contributed by atoms with Crippen molar-refractivity contribution in [3.8, 4) is 0 Å². The molecule has 1 aromatic rings. The molecule has 0 aliphatic heterocycles. The number of carbonyl (C=O) groups is 1. The fourth-order valence-corrected chi connectivity index (χ4v) is 2.98. The molecule has 1 aliphatic rings. The quantitative estimate of drug-likeness (QED) is 0.808. The Bertz CT molecular complexity index is 415. The lowest BCUT2D eigenvalue weighted by Crippen LogP contribution is -2.42. The molecule has 0 heterocycles. The second kappa shape index (κ2) is 5.79. The van der Waals surface area contributed by atoms with E-state index in [1.165, 1.54) is 19.3 Å². The molecular weight excluding hydrogens is 242 g/mol. The van der Waals surface area contributed by atoms with Crippen molar-refractivity contribution in [2.24, 2.45) is 5.92 Å². The highest BCUT2D eigenvalue weighted by molar-refractivity contribution is 7.80. The largest absolute Gasteiger partial charge is 0.338 e. The first kappa shape index (κ1) is 13.5. The van der Waals surface area contributed by atoms with Gasteiger partial charge in [-0.15, -0.1) is 12.6 Å². The molecule has 3 heteroatoms. The lowest BCUT2D eigenvalue weighted by molar-refractivity contribution is 0.0629. The van der Waals surface area contributed by atoms with E-state index in [4.69, 9.17) is 0 Å². The van der Waals surface area contributed by atoms with Crippen molar-refractivity contribution in [3.05, 3.63) is 29.8 Å². The third kappa shape index (κ3) is 2.89. The molecule has 0 N–H and O–H groups in total. The van der Waals surface area contributed by atoms with Gasteiger partial charge in [0.1, 0.15) is 0 Å². The van der Waals surface area contributed by atoms with Gasteiger partial charge < -0.3 is 4.90 Å². The van der Waals surface area contributed by atoms with Crippen molar-refractivity contribution in [1.29, 1.82) is 0 Å². The fraction of sp³-hybridized carbons (Fsp3) is 0.533. The minimum atomic E-state index is 0.127. The van der Waals surface area contributed by atoms with Crippen LogP contribution in [0.5, 0.6) is 0 Å². The van der Waals surface area contributed by atoms with Crippen LogP contribution in [0.2, 0.25) is 0 Å². The van der Waals surface area contributed by atoms with Gasteiger partial charge in [-0.1, -0.05) is 19.8 Å². The normalized spacial score (nSPS) is 23.7. The maximum absolute atomic E-state index is 12.4. The number of thiol groups is 1. The Labute approximate surface area is 115 Å². The molecule has 0 bridgehead atoms. The van der Waals surface area contributed by atoms with Crippen molar-refractivity contribution in [2.45, 2.75) is 43.5 Å². The van der Waals surface area contributed by atoms with Crippen LogP contribution < -0.4 is 0 Å². The molecule has 18 heavy (non-hydrogen) atoms. The topological polar surface area (TPSA) is 20.3 Å². The highest BCUT2D eigenvalue weighted by atomic mass is 32.1. The molecule has 2 rings (SSSR count). The summed E-state index contributed by atoms with van der Waals surface area (Å²) in [5, 5.41) is 0. The first-order chi connectivity index (χ1) is 8.59. The zero-order valence-electron chi connectivity index (χ0n) is 11.1. The first-order valence-corrected chi connectivity index (χ1v) is 7.10. The summed E-state index contributed by atoms with van der Waals surface area (Å²) in [6, 6.07) is 7.84. The molecule has 1 aliphatic carbocycles. The van der Waals surface area contributed by atoms with Gasteiger partial charge in [-0.3, -0.25) is 4.79 Å². The molecule has 2 unspecified atom stereocenters. The summed E-state index contributed by atoms with van der Waals surface area (Å²) < 4.78 is 0. The summed E-state index contributed by atoms with van der Waals surface area (Å²) in [6.45, 7) is 2.25. The second-order valence-corrected chi connectivity index (χ2v) is 5.81. The van der Waals surface area contributed by atoms with Gasteiger partial charge in [0.2, 0.25) is 0 Å². The van der Waals surface area contributed by atoms with E-state index >= 15 is 0 Å². The van der Waals surface area contributed by atoms with E-state index in [2.05, 4.69) is 19.6 Å². The minimum absolute atomic E-state index is 0.127. The van der Waals surface area contributed by atoms with E-state index in [1.54, 1.807) is 0 Å². The van der Waals surface area contributed by atoms with E-state index < -0.39 is 0 Å². The number of hydrogen-bond acceptors (Lipinski definition) is 2. The van der Waals surface area contributed by atoms with Crippen molar-refractivity contribution in [3.63, 3.8) is 0 Å². The van der Waals surface area contributed by atoms with Crippen LogP contribution in [0.25, 0.3) is 0 Å². The van der Waals surface area contributed by atoms with Crippen LogP contribution >= 0.6 is 12.6 Å². The van der Waals surface area contributed by atoms with Gasteiger partial charge in [-0.05, 0) is 43.0 Å². The Hall–Kier alpha value is -0.960. The molecule has 98 valence electrons. The molecule has 0 aromatic heterocycles. The highest BCUT2D eigenvalue weighted by Crippen LogP contribution is 2.28. The third-order valence-electron chi connectivity index (χ3n) is 4.00. The Morgan fingerprint density at radius 3 is 2.44 bits per heavy atom. The molecule has 2 nitrogen and oxygen atoms in total. The molecule has 0 saturated heterocycles. The summed E-state index contributed by atoms with van der Waals surface area (Å²) in [4.78, 5) is 15.2. The van der Waals surface area contributed by atoms with Gasteiger partial charge in [0.25, 0.3) is 5.91 Å². The lowest BCUT2D eigenvalue weighted by atomic mass is 9.85. The average Bonchev–Trinajstić information content (AvgIpc) is 2.38. The SMILES string of the molecule is CC1CCCCC1N(C)C(=O)c1ccc(S)cc1. The maximum Gasteiger partial charge on any atom is 0.253 e. The smallest absolute Gasteiger partial charge is 0.253 e. The predicted octanol–water partition coefficient (Wildman–Crippen LogP) is 3.63. The van der Waals surface area contributed by atoms with Crippen LogP contribution in [-0.2, 0) is 0 Å². The van der Waals surface area contributed by atoms with Crippen molar-refractivity contribution >= 4 is 18.5 Å². The molecule has 0 radical (unpaired) electrons.